The van der Waals surface area contributed by atoms with E-state index in [-0.39, 0.29) is 12.0 Å². The van der Waals surface area contributed by atoms with Gasteiger partial charge in [0.05, 0.1) is 16.1 Å². The van der Waals surface area contributed by atoms with Crippen molar-refractivity contribution >= 4 is 29.1 Å². The summed E-state index contributed by atoms with van der Waals surface area (Å²) < 4.78 is 0. The minimum absolute atomic E-state index is 0.155. The normalized spacial score (nSPS) is 23.5. The molecule has 1 atom stereocenters. The molecule has 0 saturated carbocycles. The quantitative estimate of drug-likeness (QED) is 0.899. The lowest BCUT2D eigenvalue weighted by Crippen LogP contribution is -2.40. The lowest BCUT2D eigenvalue weighted by atomic mass is 9.95. The number of rotatable bonds is 2. The Balaban J connectivity index is 1.78. The van der Waals surface area contributed by atoms with Crippen LogP contribution in [0.2, 0.25) is 10.0 Å². The maximum absolute atomic E-state index is 12.8. The third kappa shape index (κ3) is 3.20. The molecular weight excluding hydrogens is 307 g/mol. The van der Waals surface area contributed by atoms with Gasteiger partial charge in [-0.25, -0.2) is 0 Å². The van der Waals surface area contributed by atoms with Crippen LogP contribution in [-0.4, -0.2) is 30.4 Å². The molecule has 1 aromatic carbocycles. The number of likely N-dealkylation sites (tertiary alicyclic amines) is 1. The van der Waals surface area contributed by atoms with Crippen molar-refractivity contribution in [2.75, 3.05) is 19.6 Å². The van der Waals surface area contributed by atoms with E-state index in [0.717, 1.165) is 50.9 Å². The van der Waals surface area contributed by atoms with Gasteiger partial charge >= 0.3 is 0 Å². The van der Waals surface area contributed by atoms with Crippen molar-refractivity contribution in [3.8, 4) is 0 Å². The van der Waals surface area contributed by atoms with Gasteiger partial charge < -0.3 is 10.2 Å². The van der Waals surface area contributed by atoms with Gasteiger partial charge in [0.15, 0.2) is 0 Å². The van der Waals surface area contributed by atoms with Crippen LogP contribution in [0.25, 0.3) is 0 Å². The van der Waals surface area contributed by atoms with E-state index in [0.29, 0.717) is 16.0 Å². The Morgan fingerprint density at radius 2 is 1.90 bits per heavy atom. The molecule has 1 amide bonds. The number of hydrogen-bond acceptors (Lipinski definition) is 2. The Hall–Kier alpha value is -0.770. The standard InChI is InChI=1S/C16H20Cl2N2O/c17-13-4-3-12(10-14(13)18)15-2-1-9-20(15)16(21)11-5-7-19-8-6-11/h3-4,10-11,15,19H,1-2,5-9H2. The largest absolute Gasteiger partial charge is 0.335 e. The number of benzene rings is 1. The topological polar surface area (TPSA) is 32.3 Å². The first kappa shape index (κ1) is 15.1. The van der Waals surface area contributed by atoms with Crippen molar-refractivity contribution in [3.05, 3.63) is 33.8 Å². The zero-order valence-corrected chi connectivity index (χ0v) is 13.5. The molecule has 5 heteroatoms. The van der Waals surface area contributed by atoms with E-state index >= 15 is 0 Å². The zero-order chi connectivity index (χ0) is 14.8. The van der Waals surface area contributed by atoms with Crippen LogP contribution in [0.15, 0.2) is 18.2 Å². The van der Waals surface area contributed by atoms with E-state index in [9.17, 15) is 4.79 Å². The van der Waals surface area contributed by atoms with Crippen LogP contribution < -0.4 is 5.32 Å². The number of nitrogens with zero attached hydrogens (tertiary/aromatic N) is 1. The third-order valence-electron chi connectivity index (χ3n) is 4.55. The summed E-state index contributed by atoms with van der Waals surface area (Å²) in [6.07, 6.45) is 3.96. The first-order valence-electron chi connectivity index (χ1n) is 7.63. The number of nitrogens with one attached hydrogen (secondary N) is 1. The van der Waals surface area contributed by atoms with Crippen molar-refractivity contribution in [2.45, 2.75) is 31.7 Å². The second-order valence-corrected chi connectivity index (χ2v) is 6.70. The highest BCUT2D eigenvalue weighted by atomic mass is 35.5. The van der Waals surface area contributed by atoms with Crippen molar-refractivity contribution in [1.82, 2.24) is 10.2 Å². The summed E-state index contributed by atoms with van der Waals surface area (Å²) in [6.45, 7) is 2.75. The fourth-order valence-electron chi connectivity index (χ4n) is 3.40. The smallest absolute Gasteiger partial charge is 0.226 e. The van der Waals surface area contributed by atoms with Crippen molar-refractivity contribution in [1.29, 1.82) is 0 Å². The monoisotopic (exact) mass is 326 g/mol. The lowest BCUT2D eigenvalue weighted by molar-refractivity contribution is -0.137. The molecule has 21 heavy (non-hydrogen) atoms. The predicted molar refractivity (Wildman–Crippen MR) is 85.7 cm³/mol. The van der Waals surface area contributed by atoms with Gasteiger partial charge in [0.25, 0.3) is 0 Å². The molecule has 3 nitrogen and oxygen atoms in total. The van der Waals surface area contributed by atoms with Crippen LogP contribution in [0.5, 0.6) is 0 Å². The molecule has 2 aliphatic rings. The molecule has 2 saturated heterocycles. The molecule has 2 fully saturated rings. The Labute approximate surface area is 135 Å². The van der Waals surface area contributed by atoms with E-state index in [4.69, 9.17) is 23.2 Å². The van der Waals surface area contributed by atoms with Gasteiger partial charge in [-0.2, -0.15) is 0 Å². The SMILES string of the molecule is O=C(C1CCNCC1)N1CCCC1c1ccc(Cl)c(Cl)c1. The van der Waals surface area contributed by atoms with Gasteiger partial charge in [0.2, 0.25) is 5.91 Å². The van der Waals surface area contributed by atoms with Crippen LogP contribution in [0.1, 0.15) is 37.3 Å². The Morgan fingerprint density at radius 3 is 2.62 bits per heavy atom. The van der Waals surface area contributed by atoms with Crippen LogP contribution >= 0.6 is 23.2 Å². The fraction of sp³-hybridized carbons (Fsp3) is 0.562. The summed E-state index contributed by atoms with van der Waals surface area (Å²) in [5.41, 5.74) is 1.10. The maximum atomic E-state index is 12.8. The van der Waals surface area contributed by atoms with Crippen molar-refractivity contribution in [2.24, 2.45) is 5.92 Å². The van der Waals surface area contributed by atoms with Crippen LogP contribution in [-0.2, 0) is 4.79 Å². The van der Waals surface area contributed by atoms with Crippen molar-refractivity contribution in [3.63, 3.8) is 0 Å². The highest BCUT2D eigenvalue weighted by molar-refractivity contribution is 6.42. The fourth-order valence-corrected chi connectivity index (χ4v) is 3.71. The number of carbonyl (C=O) groups excluding carboxylic acids is 1. The highest BCUT2D eigenvalue weighted by Crippen LogP contribution is 2.36. The summed E-state index contributed by atoms with van der Waals surface area (Å²) in [5.74, 6) is 0.486. The number of amides is 1. The third-order valence-corrected chi connectivity index (χ3v) is 5.29. The average Bonchev–Trinajstić information content (AvgIpc) is 2.99. The van der Waals surface area contributed by atoms with Gasteiger partial charge in [0, 0.05) is 12.5 Å². The molecule has 0 radical (unpaired) electrons. The first-order chi connectivity index (χ1) is 10.2. The summed E-state index contributed by atoms with van der Waals surface area (Å²) in [7, 11) is 0. The number of hydrogen-bond donors (Lipinski definition) is 1. The molecule has 0 spiro atoms. The van der Waals surface area contributed by atoms with Gasteiger partial charge in [-0.1, -0.05) is 29.3 Å². The van der Waals surface area contributed by atoms with Gasteiger partial charge in [-0.15, -0.1) is 0 Å². The Bertz CT molecular complexity index is 529. The molecule has 1 unspecified atom stereocenters. The van der Waals surface area contributed by atoms with Gasteiger partial charge in [0.1, 0.15) is 0 Å². The molecule has 3 rings (SSSR count). The number of carbonyl (C=O) groups is 1. The lowest BCUT2D eigenvalue weighted by Gasteiger charge is -2.31. The Morgan fingerprint density at radius 1 is 1.14 bits per heavy atom. The molecule has 1 N–H and O–H groups in total. The van der Waals surface area contributed by atoms with Crippen LogP contribution in [0.4, 0.5) is 0 Å². The van der Waals surface area contributed by atoms with E-state index < -0.39 is 0 Å². The van der Waals surface area contributed by atoms with Crippen LogP contribution in [0, 0.1) is 5.92 Å². The maximum Gasteiger partial charge on any atom is 0.226 e. The second-order valence-electron chi connectivity index (χ2n) is 5.89. The highest BCUT2D eigenvalue weighted by Gasteiger charge is 2.34. The molecule has 0 aromatic heterocycles. The molecule has 1 aromatic rings. The second kappa shape index (κ2) is 6.55. The first-order valence-corrected chi connectivity index (χ1v) is 8.38. The van der Waals surface area contributed by atoms with E-state index in [1.165, 1.54) is 0 Å². The number of piperidine rings is 1. The average molecular weight is 327 g/mol. The molecule has 0 aliphatic carbocycles. The molecule has 114 valence electrons. The van der Waals surface area contributed by atoms with Gasteiger partial charge in [-0.05, 0) is 56.5 Å². The van der Waals surface area contributed by atoms with Crippen LogP contribution in [0.3, 0.4) is 0 Å². The molecular formula is C16H20Cl2N2O. The van der Waals surface area contributed by atoms with Gasteiger partial charge in [-0.3, -0.25) is 4.79 Å². The summed E-state index contributed by atoms with van der Waals surface area (Å²) in [6, 6.07) is 5.88. The summed E-state index contributed by atoms with van der Waals surface area (Å²) in [5, 5.41) is 4.44. The minimum Gasteiger partial charge on any atom is -0.335 e. The predicted octanol–water partition coefficient (Wildman–Crippen LogP) is 3.66. The number of halogens is 2. The van der Waals surface area contributed by atoms with E-state index in [1.54, 1.807) is 0 Å². The van der Waals surface area contributed by atoms with Crippen molar-refractivity contribution < 1.29 is 4.79 Å². The zero-order valence-electron chi connectivity index (χ0n) is 11.9. The Kier molecular flexibility index (Phi) is 4.72. The minimum atomic E-state index is 0.155. The van der Waals surface area contributed by atoms with E-state index in [1.807, 2.05) is 18.2 Å². The molecule has 2 heterocycles. The van der Waals surface area contributed by atoms with E-state index in [2.05, 4.69) is 10.2 Å². The molecule has 2 aliphatic heterocycles. The summed E-state index contributed by atoms with van der Waals surface area (Å²) >= 11 is 12.1. The summed E-state index contributed by atoms with van der Waals surface area (Å²) in [4.78, 5) is 14.8. The molecule has 0 bridgehead atoms.